The van der Waals surface area contributed by atoms with Gasteiger partial charge in [0.15, 0.2) is 0 Å². The maximum absolute atomic E-state index is 12.7. The Morgan fingerprint density at radius 3 is 2.62 bits per heavy atom. The van der Waals surface area contributed by atoms with E-state index < -0.39 is 17.4 Å². The monoisotopic (exact) mass is 359 g/mol. The van der Waals surface area contributed by atoms with Crippen LogP contribution in [0.2, 0.25) is 0 Å². The molecule has 0 spiro atoms. The Hall–Kier alpha value is -2.57. The number of urea groups is 1. The first-order valence-electron chi connectivity index (χ1n) is 9.10. The minimum atomic E-state index is -0.875. The van der Waals surface area contributed by atoms with Crippen molar-refractivity contribution in [2.45, 2.75) is 57.0 Å². The van der Waals surface area contributed by atoms with E-state index in [2.05, 4.69) is 16.0 Å². The Morgan fingerprint density at radius 2 is 1.92 bits per heavy atom. The molecule has 26 heavy (non-hydrogen) atoms. The van der Waals surface area contributed by atoms with Gasteiger partial charge in [-0.15, -0.1) is 0 Å². The Balaban J connectivity index is 1.67. The molecule has 2 unspecified atom stereocenters. The number of carbonyl (C=O) groups excluding carboxylic acids is 2. The fraction of sp³-hybridized carbons (Fsp3) is 0.526. The minimum Gasteiger partial charge on any atom is -0.481 e. The molecule has 3 amide bonds. The van der Waals surface area contributed by atoms with Gasteiger partial charge in [-0.3, -0.25) is 9.59 Å². The van der Waals surface area contributed by atoms with Crippen LogP contribution >= 0.6 is 0 Å². The molecule has 3 rings (SSSR count). The van der Waals surface area contributed by atoms with Gasteiger partial charge in [0.2, 0.25) is 0 Å². The molecule has 2 fully saturated rings. The van der Waals surface area contributed by atoms with Gasteiger partial charge in [-0.05, 0) is 50.8 Å². The molecular formula is C19H25N3O4. The molecule has 2 saturated carbocycles. The summed E-state index contributed by atoms with van der Waals surface area (Å²) in [6.07, 6.45) is 4.95. The summed E-state index contributed by atoms with van der Waals surface area (Å²) in [5.74, 6) is -1.79. The molecule has 2 aliphatic rings. The fourth-order valence-electron chi connectivity index (χ4n) is 3.53. The maximum Gasteiger partial charge on any atom is 0.319 e. The van der Waals surface area contributed by atoms with Gasteiger partial charge in [-0.2, -0.15) is 0 Å². The van der Waals surface area contributed by atoms with Crippen molar-refractivity contribution >= 4 is 23.6 Å². The smallest absolute Gasteiger partial charge is 0.319 e. The quantitative estimate of drug-likeness (QED) is 0.648. The van der Waals surface area contributed by atoms with E-state index in [9.17, 15) is 19.5 Å². The first-order valence-corrected chi connectivity index (χ1v) is 9.10. The van der Waals surface area contributed by atoms with Crippen molar-refractivity contribution in [2.24, 2.45) is 5.92 Å². The van der Waals surface area contributed by atoms with E-state index in [1.165, 1.54) is 0 Å². The van der Waals surface area contributed by atoms with Crippen molar-refractivity contribution in [3.05, 3.63) is 29.8 Å². The highest BCUT2D eigenvalue weighted by atomic mass is 16.4. The number of nitrogens with one attached hydrogen (secondary N) is 3. The first-order chi connectivity index (χ1) is 12.4. The van der Waals surface area contributed by atoms with Crippen LogP contribution < -0.4 is 16.0 Å². The number of carboxylic acids is 1. The number of carbonyl (C=O) groups is 3. The SMILES string of the molecule is CC1(NC(=O)c2cccc(NC(=O)NC3CC3)c2)CCCCC1C(=O)O. The molecule has 2 atom stereocenters. The largest absolute Gasteiger partial charge is 0.481 e. The summed E-state index contributed by atoms with van der Waals surface area (Å²) in [4.78, 5) is 36.1. The number of hydrogen-bond acceptors (Lipinski definition) is 3. The first kappa shape index (κ1) is 18.2. The predicted octanol–water partition coefficient (Wildman–Crippen LogP) is 2.73. The molecule has 0 bridgehead atoms. The second-order valence-electron chi connectivity index (χ2n) is 7.46. The molecule has 2 aliphatic carbocycles. The van der Waals surface area contributed by atoms with Gasteiger partial charge in [-0.1, -0.05) is 18.9 Å². The lowest BCUT2D eigenvalue weighted by Gasteiger charge is -2.39. The van der Waals surface area contributed by atoms with E-state index in [1.54, 1.807) is 31.2 Å². The van der Waals surface area contributed by atoms with Crippen LogP contribution in [-0.2, 0) is 4.79 Å². The zero-order chi connectivity index (χ0) is 18.7. The van der Waals surface area contributed by atoms with Crippen LogP contribution in [0.3, 0.4) is 0 Å². The molecule has 0 radical (unpaired) electrons. The number of carboxylic acid groups (broad SMARTS) is 1. The topological polar surface area (TPSA) is 108 Å². The number of rotatable bonds is 5. The van der Waals surface area contributed by atoms with Gasteiger partial charge in [0.05, 0.1) is 11.5 Å². The number of aliphatic carboxylic acids is 1. The summed E-state index contributed by atoms with van der Waals surface area (Å²) in [6, 6.07) is 6.63. The van der Waals surface area contributed by atoms with Gasteiger partial charge < -0.3 is 21.1 Å². The third kappa shape index (κ3) is 4.33. The Bertz CT molecular complexity index is 716. The van der Waals surface area contributed by atoms with Crippen LogP contribution in [0.1, 0.15) is 55.8 Å². The zero-order valence-corrected chi connectivity index (χ0v) is 14.9. The summed E-state index contributed by atoms with van der Waals surface area (Å²) in [6.45, 7) is 1.80. The highest BCUT2D eigenvalue weighted by Gasteiger charge is 2.42. The molecule has 0 aliphatic heterocycles. The molecule has 140 valence electrons. The zero-order valence-electron chi connectivity index (χ0n) is 14.9. The number of hydrogen-bond donors (Lipinski definition) is 4. The van der Waals surface area contributed by atoms with Crippen molar-refractivity contribution in [2.75, 3.05) is 5.32 Å². The standard InChI is InChI=1S/C19H25N3O4/c1-19(10-3-2-7-15(19)17(24)25)22-16(23)12-5-4-6-14(11-12)21-18(26)20-13-8-9-13/h4-6,11,13,15H,2-3,7-10H2,1H3,(H,22,23)(H,24,25)(H2,20,21,26). The molecule has 1 aromatic rings. The van der Waals surface area contributed by atoms with Crippen molar-refractivity contribution in [3.63, 3.8) is 0 Å². The van der Waals surface area contributed by atoms with Gasteiger partial charge >= 0.3 is 12.0 Å². The second kappa shape index (κ2) is 7.35. The van der Waals surface area contributed by atoms with E-state index in [1.807, 2.05) is 0 Å². The number of benzene rings is 1. The van der Waals surface area contributed by atoms with E-state index in [-0.39, 0.29) is 18.0 Å². The Morgan fingerprint density at radius 1 is 1.15 bits per heavy atom. The van der Waals surface area contributed by atoms with Crippen molar-refractivity contribution in [3.8, 4) is 0 Å². The van der Waals surface area contributed by atoms with Crippen LogP contribution in [-0.4, -0.2) is 34.6 Å². The van der Waals surface area contributed by atoms with Gasteiger partial charge in [0, 0.05) is 17.3 Å². The lowest BCUT2D eigenvalue weighted by Crippen LogP contribution is -2.55. The van der Waals surface area contributed by atoms with E-state index in [0.29, 0.717) is 24.1 Å². The minimum absolute atomic E-state index is 0.251. The molecule has 0 saturated heterocycles. The lowest BCUT2D eigenvalue weighted by molar-refractivity contribution is -0.145. The average molecular weight is 359 g/mol. The third-order valence-corrected chi connectivity index (χ3v) is 5.20. The van der Waals surface area contributed by atoms with Crippen molar-refractivity contribution in [1.29, 1.82) is 0 Å². The highest BCUT2D eigenvalue weighted by molar-refractivity contribution is 5.97. The summed E-state index contributed by atoms with van der Waals surface area (Å²) < 4.78 is 0. The molecular weight excluding hydrogens is 334 g/mol. The molecule has 7 heteroatoms. The molecule has 1 aromatic carbocycles. The predicted molar refractivity (Wildman–Crippen MR) is 97.1 cm³/mol. The molecule has 0 aromatic heterocycles. The van der Waals surface area contributed by atoms with E-state index in [4.69, 9.17) is 0 Å². The van der Waals surface area contributed by atoms with Crippen LogP contribution in [0.4, 0.5) is 10.5 Å². The van der Waals surface area contributed by atoms with Crippen molar-refractivity contribution in [1.82, 2.24) is 10.6 Å². The third-order valence-electron chi connectivity index (χ3n) is 5.20. The lowest BCUT2D eigenvalue weighted by atomic mass is 9.73. The molecule has 7 nitrogen and oxygen atoms in total. The maximum atomic E-state index is 12.7. The van der Waals surface area contributed by atoms with Crippen molar-refractivity contribution < 1.29 is 19.5 Å². The highest BCUT2D eigenvalue weighted by Crippen LogP contribution is 2.34. The fourth-order valence-corrected chi connectivity index (χ4v) is 3.53. The van der Waals surface area contributed by atoms with Gasteiger partial charge in [-0.25, -0.2) is 4.79 Å². The number of amides is 3. The Kier molecular flexibility index (Phi) is 5.15. The van der Waals surface area contributed by atoms with E-state index in [0.717, 1.165) is 25.7 Å². The van der Waals surface area contributed by atoms with Gasteiger partial charge in [0.1, 0.15) is 0 Å². The summed E-state index contributed by atoms with van der Waals surface area (Å²) in [7, 11) is 0. The van der Waals surface area contributed by atoms with Crippen LogP contribution in [0.15, 0.2) is 24.3 Å². The second-order valence-corrected chi connectivity index (χ2v) is 7.46. The normalized spacial score (nSPS) is 25.2. The van der Waals surface area contributed by atoms with Crippen LogP contribution in [0.25, 0.3) is 0 Å². The molecule has 4 N–H and O–H groups in total. The number of anilines is 1. The molecule has 0 heterocycles. The summed E-state index contributed by atoms with van der Waals surface area (Å²) >= 11 is 0. The summed E-state index contributed by atoms with van der Waals surface area (Å²) in [5.41, 5.74) is 0.151. The average Bonchev–Trinajstić information content (AvgIpc) is 3.38. The van der Waals surface area contributed by atoms with Crippen LogP contribution in [0.5, 0.6) is 0 Å². The van der Waals surface area contributed by atoms with Gasteiger partial charge in [0.25, 0.3) is 5.91 Å². The van der Waals surface area contributed by atoms with Crippen LogP contribution in [0, 0.1) is 5.92 Å². The van der Waals surface area contributed by atoms with E-state index >= 15 is 0 Å². The Labute approximate surface area is 152 Å². The summed E-state index contributed by atoms with van der Waals surface area (Å²) in [5, 5.41) is 17.9.